The third-order valence-corrected chi connectivity index (χ3v) is 4.18. The van der Waals surface area contributed by atoms with Gasteiger partial charge in [-0.1, -0.05) is 37.3 Å². The lowest BCUT2D eigenvalue weighted by atomic mass is 9.95. The minimum Gasteiger partial charge on any atom is -0.341 e. The van der Waals surface area contributed by atoms with E-state index in [0.717, 1.165) is 31.5 Å². The monoisotopic (exact) mass is 290 g/mol. The number of quaternary nitrogens is 1. The second kappa shape index (κ2) is 7.22. The molecular formula is C16H24N3O2+. The Bertz CT molecular complexity index is 482. The average molecular weight is 290 g/mol. The summed E-state index contributed by atoms with van der Waals surface area (Å²) in [6.45, 7) is 4.17. The van der Waals surface area contributed by atoms with Crippen molar-refractivity contribution in [1.29, 1.82) is 0 Å². The first-order chi connectivity index (χ1) is 10.1. The SMILES string of the molecule is CNC(=O)NC(=O)[C@@H](c1ccccc1)[NH+]1CCC(C)CC1. The number of rotatable bonds is 3. The fourth-order valence-corrected chi connectivity index (χ4v) is 2.89. The Labute approximate surface area is 125 Å². The zero-order chi connectivity index (χ0) is 15.2. The molecule has 1 heterocycles. The molecule has 0 saturated carbocycles. The molecule has 0 unspecified atom stereocenters. The standard InChI is InChI=1S/C16H23N3O2/c1-12-8-10-19(11-9-12)14(13-6-4-3-5-7-13)15(20)18-16(21)17-2/h3-7,12,14H,8-11H2,1-2H3,(H2,17,18,20,21)/p+1/t14-/m1/s1. The van der Waals surface area contributed by atoms with Crippen LogP contribution < -0.4 is 15.5 Å². The molecule has 1 fully saturated rings. The zero-order valence-electron chi connectivity index (χ0n) is 12.7. The summed E-state index contributed by atoms with van der Waals surface area (Å²) in [4.78, 5) is 25.2. The van der Waals surface area contributed by atoms with Crippen LogP contribution in [0.25, 0.3) is 0 Å². The molecule has 3 amide bonds. The van der Waals surface area contributed by atoms with E-state index in [0.29, 0.717) is 5.92 Å². The minimum absolute atomic E-state index is 0.231. The highest BCUT2D eigenvalue weighted by Crippen LogP contribution is 2.14. The number of carbonyl (C=O) groups is 2. The molecule has 1 aliphatic rings. The van der Waals surface area contributed by atoms with Gasteiger partial charge in [-0.15, -0.1) is 0 Å². The van der Waals surface area contributed by atoms with E-state index in [1.165, 1.54) is 11.9 Å². The second-order valence-corrected chi connectivity index (χ2v) is 5.75. The summed E-state index contributed by atoms with van der Waals surface area (Å²) >= 11 is 0. The Balaban J connectivity index is 2.18. The number of imide groups is 1. The summed E-state index contributed by atoms with van der Waals surface area (Å²) in [7, 11) is 1.51. The Kier molecular flexibility index (Phi) is 5.33. The van der Waals surface area contributed by atoms with E-state index in [1.807, 2.05) is 30.3 Å². The largest absolute Gasteiger partial charge is 0.341 e. The van der Waals surface area contributed by atoms with Crippen LogP contribution in [0.5, 0.6) is 0 Å². The van der Waals surface area contributed by atoms with Crippen molar-refractivity contribution >= 4 is 11.9 Å². The predicted octanol–water partition coefficient (Wildman–Crippen LogP) is 0.498. The highest BCUT2D eigenvalue weighted by molar-refractivity contribution is 5.96. The maximum atomic E-state index is 12.5. The van der Waals surface area contributed by atoms with Gasteiger partial charge in [-0.25, -0.2) is 4.79 Å². The van der Waals surface area contributed by atoms with Gasteiger partial charge in [0.1, 0.15) is 0 Å². The molecule has 0 radical (unpaired) electrons. The second-order valence-electron chi connectivity index (χ2n) is 5.75. The first-order valence-electron chi connectivity index (χ1n) is 7.54. The highest BCUT2D eigenvalue weighted by Gasteiger charge is 2.34. The maximum Gasteiger partial charge on any atom is 0.321 e. The smallest absolute Gasteiger partial charge is 0.321 e. The van der Waals surface area contributed by atoms with Crippen LogP contribution in [0.2, 0.25) is 0 Å². The molecule has 21 heavy (non-hydrogen) atoms. The van der Waals surface area contributed by atoms with E-state index >= 15 is 0 Å². The predicted molar refractivity (Wildman–Crippen MR) is 80.9 cm³/mol. The molecule has 0 aliphatic carbocycles. The van der Waals surface area contributed by atoms with E-state index in [-0.39, 0.29) is 11.9 Å². The van der Waals surface area contributed by atoms with E-state index in [2.05, 4.69) is 17.6 Å². The molecule has 114 valence electrons. The lowest BCUT2D eigenvalue weighted by Gasteiger charge is -2.33. The number of urea groups is 1. The number of hydrogen-bond acceptors (Lipinski definition) is 2. The van der Waals surface area contributed by atoms with Gasteiger partial charge in [-0.2, -0.15) is 0 Å². The van der Waals surface area contributed by atoms with E-state index < -0.39 is 6.03 Å². The minimum atomic E-state index is -0.453. The Morgan fingerprint density at radius 2 is 1.81 bits per heavy atom. The van der Waals surface area contributed by atoms with Crippen molar-refractivity contribution in [2.75, 3.05) is 20.1 Å². The number of carbonyl (C=O) groups excluding carboxylic acids is 2. The molecule has 0 bridgehead atoms. The molecule has 1 aromatic rings. The summed E-state index contributed by atoms with van der Waals surface area (Å²) in [5.41, 5.74) is 0.962. The number of piperidine rings is 1. The quantitative estimate of drug-likeness (QED) is 0.759. The zero-order valence-corrected chi connectivity index (χ0v) is 12.7. The molecule has 1 aliphatic heterocycles. The summed E-state index contributed by atoms with van der Waals surface area (Å²) in [6, 6.07) is 8.94. The normalized spacial score (nSPS) is 23.1. The third-order valence-electron chi connectivity index (χ3n) is 4.18. The molecular weight excluding hydrogens is 266 g/mol. The van der Waals surface area contributed by atoms with Crippen molar-refractivity contribution in [3.05, 3.63) is 35.9 Å². The fourth-order valence-electron chi connectivity index (χ4n) is 2.89. The molecule has 0 aromatic heterocycles. The van der Waals surface area contributed by atoms with Gasteiger partial charge >= 0.3 is 6.03 Å². The molecule has 5 nitrogen and oxygen atoms in total. The van der Waals surface area contributed by atoms with Gasteiger partial charge in [0.25, 0.3) is 5.91 Å². The first-order valence-corrected chi connectivity index (χ1v) is 7.54. The lowest BCUT2D eigenvalue weighted by Crippen LogP contribution is -3.14. The fraction of sp³-hybridized carbons (Fsp3) is 0.500. The van der Waals surface area contributed by atoms with Crippen molar-refractivity contribution in [3.63, 3.8) is 0 Å². The molecule has 3 N–H and O–H groups in total. The topological polar surface area (TPSA) is 62.6 Å². The van der Waals surface area contributed by atoms with Gasteiger partial charge in [0.2, 0.25) is 0 Å². The molecule has 2 rings (SSSR count). The Hall–Kier alpha value is -1.88. The van der Waals surface area contributed by atoms with Crippen LogP contribution in [-0.2, 0) is 4.79 Å². The van der Waals surface area contributed by atoms with Gasteiger partial charge in [0, 0.05) is 12.6 Å². The number of benzene rings is 1. The van der Waals surface area contributed by atoms with E-state index in [1.54, 1.807) is 0 Å². The summed E-state index contributed by atoms with van der Waals surface area (Å²) in [6.07, 6.45) is 2.23. The van der Waals surface area contributed by atoms with Crippen LogP contribution in [0.1, 0.15) is 31.4 Å². The van der Waals surface area contributed by atoms with Crippen LogP contribution in [0, 0.1) is 5.92 Å². The van der Waals surface area contributed by atoms with Crippen LogP contribution in [0.15, 0.2) is 30.3 Å². The third kappa shape index (κ3) is 4.04. The number of hydrogen-bond donors (Lipinski definition) is 3. The van der Waals surface area contributed by atoms with E-state index in [4.69, 9.17) is 0 Å². The highest BCUT2D eigenvalue weighted by atomic mass is 16.2. The van der Waals surface area contributed by atoms with Crippen molar-refractivity contribution < 1.29 is 14.5 Å². The first kappa shape index (κ1) is 15.5. The van der Waals surface area contributed by atoms with Crippen LogP contribution in [0.4, 0.5) is 4.79 Å². The van der Waals surface area contributed by atoms with Crippen molar-refractivity contribution in [1.82, 2.24) is 10.6 Å². The molecule has 0 spiro atoms. The van der Waals surface area contributed by atoms with Crippen LogP contribution >= 0.6 is 0 Å². The van der Waals surface area contributed by atoms with E-state index in [9.17, 15) is 9.59 Å². The molecule has 1 saturated heterocycles. The number of amides is 3. The summed E-state index contributed by atoms with van der Waals surface area (Å²) in [5, 5.41) is 4.86. The average Bonchev–Trinajstić information content (AvgIpc) is 2.50. The molecule has 5 heteroatoms. The van der Waals surface area contributed by atoms with Crippen LogP contribution in [0.3, 0.4) is 0 Å². The van der Waals surface area contributed by atoms with Gasteiger partial charge in [0.15, 0.2) is 6.04 Å². The number of likely N-dealkylation sites (tertiary alicyclic amines) is 1. The van der Waals surface area contributed by atoms with Gasteiger partial charge in [-0.05, 0) is 18.8 Å². The van der Waals surface area contributed by atoms with Crippen molar-refractivity contribution in [2.24, 2.45) is 5.92 Å². The van der Waals surface area contributed by atoms with Gasteiger partial charge in [0.05, 0.1) is 13.1 Å². The van der Waals surface area contributed by atoms with Crippen molar-refractivity contribution in [2.45, 2.75) is 25.8 Å². The van der Waals surface area contributed by atoms with Gasteiger partial charge in [-0.3, -0.25) is 10.1 Å². The van der Waals surface area contributed by atoms with Crippen LogP contribution in [-0.4, -0.2) is 32.1 Å². The molecule has 1 aromatic carbocycles. The Morgan fingerprint density at radius 1 is 1.19 bits per heavy atom. The summed E-state index contributed by atoms with van der Waals surface area (Å²) in [5.74, 6) is 0.484. The maximum absolute atomic E-state index is 12.5. The number of nitrogens with one attached hydrogen (secondary N) is 3. The molecule has 1 atom stereocenters. The van der Waals surface area contributed by atoms with Crippen molar-refractivity contribution in [3.8, 4) is 0 Å². The Morgan fingerprint density at radius 3 is 2.38 bits per heavy atom. The lowest BCUT2D eigenvalue weighted by molar-refractivity contribution is -0.927. The summed E-state index contributed by atoms with van der Waals surface area (Å²) < 4.78 is 0. The van der Waals surface area contributed by atoms with Gasteiger partial charge < -0.3 is 10.2 Å².